The Labute approximate surface area is 87.1 Å². The van der Waals surface area contributed by atoms with Crippen molar-refractivity contribution < 1.29 is 5.11 Å². The molecule has 0 bridgehead atoms. The van der Waals surface area contributed by atoms with E-state index in [1.165, 1.54) is 38.5 Å². The molecule has 0 aliphatic heterocycles. The summed E-state index contributed by atoms with van der Waals surface area (Å²) in [6, 6.07) is 1.06. The highest BCUT2D eigenvalue weighted by Crippen LogP contribution is 2.27. The van der Waals surface area contributed by atoms with Crippen molar-refractivity contribution in [3.63, 3.8) is 0 Å². The van der Waals surface area contributed by atoms with Crippen LogP contribution in [0.25, 0.3) is 0 Å². The van der Waals surface area contributed by atoms with Crippen LogP contribution in [0.2, 0.25) is 0 Å². The van der Waals surface area contributed by atoms with Crippen molar-refractivity contribution in [2.24, 2.45) is 5.92 Å². The Balaban J connectivity index is 1.83. The van der Waals surface area contributed by atoms with Crippen molar-refractivity contribution in [3.8, 4) is 0 Å². The number of nitrogens with one attached hydrogen (secondary N) is 1. The lowest BCUT2D eigenvalue weighted by Crippen LogP contribution is -2.46. The third kappa shape index (κ3) is 2.29. The molecule has 0 aromatic rings. The van der Waals surface area contributed by atoms with Crippen LogP contribution >= 0.6 is 0 Å². The van der Waals surface area contributed by atoms with Crippen LogP contribution in [0, 0.1) is 5.92 Å². The quantitative estimate of drug-likeness (QED) is 0.710. The Morgan fingerprint density at radius 3 is 2.29 bits per heavy atom. The summed E-state index contributed by atoms with van der Waals surface area (Å²) in [5, 5.41) is 13.4. The second kappa shape index (κ2) is 4.63. The summed E-state index contributed by atoms with van der Waals surface area (Å²) < 4.78 is 0. The van der Waals surface area contributed by atoms with Gasteiger partial charge in [-0.2, -0.15) is 0 Å². The Morgan fingerprint density at radius 2 is 1.64 bits per heavy atom. The van der Waals surface area contributed by atoms with Gasteiger partial charge in [0.25, 0.3) is 0 Å². The summed E-state index contributed by atoms with van der Waals surface area (Å²) >= 11 is 0. The molecule has 0 spiro atoms. The Bertz CT molecular complexity index is 183. The SMILES string of the molecule is CC1CCCCC1N[C@H]1CCC[C@@H]1O. The van der Waals surface area contributed by atoms with Crippen LogP contribution < -0.4 is 5.32 Å². The van der Waals surface area contributed by atoms with E-state index in [4.69, 9.17) is 0 Å². The zero-order chi connectivity index (χ0) is 9.97. The van der Waals surface area contributed by atoms with Gasteiger partial charge < -0.3 is 10.4 Å². The van der Waals surface area contributed by atoms with Crippen molar-refractivity contribution in [1.29, 1.82) is 0 Å². The molecule has 4 atom stereocenters. The van der Waals surface area contributed by atoms with Crippen molar-refractivity contribution in [3.05, 3.63) is 0 Å². The molecular formula is C12H23NO. The minimum absolute atomic E-state index is 0.0795. The van der Waals surface area contributed by atoms with Gasteiger partial charge in [0, 0.05) is 12.1 Å². The number of aliphatic hydroxyl groups excluding tert-OH is 1. The van der Waals surface area contributed by atoms with Crippen molar-refractivity contribution >= 4 is 0 Å². The second-order valence-electron chi connectivity index (χ2n) is 5.14. The third-order valence-corrected chi connectivity index (χ3v) is 4.02. The summed E-state index contributed by atoms with van der Waals surface area (Å²) in [5.74, 6) is 0.802. The molecule has 0 aromatic carbocycles. The minimum atomic E-state index is -0.0795. The average Bonchev–Trinajstić information content (AvgIpc) is 2.56. The molecule has 0 aromatic heterocycles. The van der Waals surface area contributed by atoms with E-state index in [9.17, 15) is 5.11 Å². The topological polar surface area (TPSA) is 32.3 Å². The summed E-state index contributed by atoms with van der Waals surface area (Å²) in [5.41, 5.74) is 0. The summed E-state index contributed by atoms with van der Waals surface area (Å²) in [7, 11) is 0. The Hall–Kier alpha value is -0.0800. The normalized spacial score (nSPS) is 44.1. The van der Waals surface area contributed by atoms with E-state index in [-0.39, 0.29) is 6.10 Å². The molecule has 0 amide bonds. The molecule has 82 valence electrons. The molecule has 2 fully saturated rings. The summed E-state index contributed by atoms with van der Waals surface area (Å²) in [6.45, 7) is 2.35. The van der Waals surface area contributed by atoms with E-state index < -0.39 is 0 Å². The van der Waals surface area contributed by atoms with Gasteiger partial charge in [0.2, 0.25) is 0 Å². The molecule has 2 heteroatoms. The van der Waals surface area contributed by atoms with Crippen LogP contribution in [0.1, 0.15) is 51.9 Å². The Kier molecular flexibility index (Phi) is 3.45. The molecule has 2 aliphatic carbocycles. The van der Waals surface area contributed by atoms with E-state index in [2.05, 4.69) is 12.2 Å². The maximum absolute atomic E-state index is 9.74. The smallest absolute Gasteiger partial charge is 0.0693 e. The highest BCUT2D eigenvalue weighted by molar-refractivity contribution is 4.88. The highest BCUT2D eigenvalue weighted by atomic mass is 16.3. The van der Waals surface area contributed by atoms with Crippen LogP contribution in [0.4, 0.5) is 0 Å². The first kappa shape index (κ1) is 10.4. The molecule has 2 saturated carbocycles. The fourth-order valence-corrected chi connectivity index (χ4v) is 2.97. The lowest BCUT2D eigenvalue weighted by molar-refractivity contribution is 0.129. The van der Waals surface area contributed by atoms with Gasteiger partial charge in [-0.05, 0) is 38.0 Å². The number of hydrogen-bond acceptors (Lipinski definition) is 2. The van der Waals surface area contributed by atoms with Gasteiger partial charge in [0.1, 0.15) is 0 Å². The first-order chi connectivity index (χ1) is 6.77. The predicted octanol–water partition coefficient (Wildman–Crippen LogP) is 2.07. The molecule has 2 unspecified atom stereocenters. The largest absolute Gasteiger partial charge is 0.392 e. The van der Waals surface area contributed by atoms with Gasteiger partial charge in [-0.25, -0.2) is 0 Å². The van der Waals surface area contributed by atoms with Crippen LogP contribution in [0.3, 0.4) is 0 Å². The molecule has 0 saturated heterocycles. The molecule has 2 N–H and O–H groups in total. The number of rotatable bonds is 2. The van der Waals surface area contributed by atoms with Gasteiger partial charge in [-0.1, -0.05) is 19.8 Å². The van der Waals surface area contributed by atoms with E-state index in [0.29, 0.717) is 12.1 Å². The maximum atomic E-state index is 9.74. The molecule has 0 radical (unpaired) electrons. The van der Waals surface area contributed by atoms with Crippen LogP contribution in [-0.2, 0) is 0 Å². The lowest BCUT2D eigenvalue weighted by atomic mass is 9.85. The zero-order valence-electron chi connectivity index (χ0n) is 9.21. The predicted molar refractivity (Wildman–Crippen MR) is 58.2 cm³/mol. The van der Waals surface area contributed by atoms with Gasteiger partial charge in [-0.15, -0.1) is 0 Å². The van der Waals surface area contributed by atoms with Gasteiger partial charge in [-0.3, -0.25) is 0 Å². The molecular weight excluding hydrogens is 174 g/mol. The number of aliphatic hydroxyl groups is 1. The molecule has 2 rings (SSSR count). The highest BCUT2D eigenvalue weighted by Gasteiger charge is 2.29. The lowest BCUT2D eigenvalue weighted by Gasteiger charge is -2.33. The minimum Gasteiger partial charge on any atom is -0.392 e. The molecule has 0 heterocycles. The third-order valence-electron chi connectivity index (χ3n) is 4.02. The van der Waals surface area contributed by atoms with E-state index in [0.717, 1.165) is 12.3 Å². The summed E-state index contributed by atoms with van der Waals surface area (Å²) in [4.78, 5) is 0. The van der Waals surface area contributed by atoms with Crippen LogP contribution in [0.15, 0.2) is 0 Å². The standard InChI is InChI=1S/C12H23NO/c1-9-5-2-3-6-10(9)13-11-7-4-8-12(11)14/h9-14H,2-8H2,1H3/t9?,10?,11-,12-/m0/s1. The van der Waals surface area contributed by atoms with E-state index in [1.807, 2.05) is 0 Å². The van der Waals surface area contributed by atoms with E-state index in [1.54, 1.807) is 0 Å². The van der Waals surface area contributed by atoms with Crippen molar-refractivity contribution in [2.45, 2.75) is 70.1 Å². The second-order valence-corrected chi connectivity index (χ2v) is 5.14. The fraction of sp³-hybridized carbons (Fsp3) is 1.00. The number of hydrogen-bond donors (Lipinski definition) is 2. The van der Waals surface area contributed by atoms with Gasteiger partial charge >= 0.3 is 0 Å². The van der Waals surface area contributed by atoms with Crippen LogP contribution in [-0.4, -0.2) is 23.3 Å². The average molecular weight is 197 g/mol. The summed E-state index contributed by atoms with van der Waals surface area (Å²) in [6.07, 6.45) is 8.72. The fourth-order valence-electron chi connectivity index (χ4n) is 2.97. The monoisotopic (exact) mass is 197 g/mol. The van der Waals surface area contributed by atoms with Gasteiger partial charge in [0.05, 0.1) is 6.10 Å². The van der Waals surface area contributed by atoms with E-state index >= 15 is 0 Å². The maximum Gasteiger partial charge on any atom is 0.0693 e. The molecule has 2 aliphatic rings. The first-order valence-corrected chi connectivity index (χ1v) is 6.21. The van der Waals surface area contributed by atoms with Gasteiger partial charge in [0.15, 0.2) is 0 Å². The molecule has 14 heavy (non-hydrogen) atoms. The first-order valence-electron chi connectivity index (χ1n) is 6.21. The van der Waals surface area contributed by atoms with Crippen LogP contribution in [0.5, 0.6) is 0 Å². The zero-order valence-corrected chi connectivity index (χ0v) is 9.21. The Morgan fingerprint density at radius 1 is 0.929 bits per heavy atom. The van der Waals surface area contributed by atoms with Crippen molar-refractivity contribution in [2.75, 3.05) is 0 Å². The molecule has 2 nitrogen and oxygen atoms in total. The van der Waals surface area contributed by atoms with Crippen molar-refractivity contribution in [1.82, 2.24) is 5.32 Å².